The summed E-state index contributed by atoms with van der Waals surface area (Å²) in [5.74, 6) is -0.0543. The lowest BCUT2D eigenvalue weighted by Crippen LogP contribution is -2.60. The smallest absolute Gasteiger partial charge is 0.410 e. The Balaban J connectivity index is 1.51. The Bertz CT molecular complexity index is 848. The van der Waals surface area contributed by atoms with Crippen molar-refractivity contribution in [3.63, 3.8) is 0 Å². The van der Waals surface area contributed by atoms with Crippen molar-refractivity contribution in [2.24, 2.45) is 5.92 Å². The number of morpholine rings is 1. The fourth-order valence-corrected chi connectivity index (χ4v) is 4.54. The number of carbonyl (C=O) groups is 2. The molecule has 2 heterocycles. The largest absolute Gasteiger partial charge is 0.444 e. The zero-order chi connectivity index (χ0) is 20.8. The monoisotopic (exact) mass is 396 g/mol. The van der Waals surface area contributed by atoms with Gasteiger partial charge in [0.15, 0.2) is 5.78 Å². The molecule has 3 aliphatic rings. The van der Waals surface area contributed by atoms with Crippen molar-refractivity contribution < 1.29 is 19.1 Å². The Labute approximate surface area is 171 Å². The minimum Gasteiger partial charge on any atom is -0.444 e. The van der Waals surface area contributed by atoms with Gasteiger partial charge in [-0.2, -0.15) is 5.26 Å². The number of nitrogens with zero attached hydrogens (tertiary/aromatic N) is 2. The lowest BCUT2D eigenvalue weighted by atomic mass is 9.80. The van der Waals surface area contributed by atoms with E-state index in [9.17, 15) is 14.9 Å². The molecule has 4 rings (SSSR count). The van der Waals surface area contributed by atoms with Gasteiger partial charge in [-0.25, -0.2) is 4.79 Å². The van der Waals surface area contributed by atoms with Crippen molar-refractivity contribution in [1.29, 1.82) is 5.26 Å². The van der Waals surface area contributed by atoms with Gasteiger partial charge >= 0.3 is 6.09 Å². The van der Waals surface area contributed by atoms with Gasteiger partial charge < -0.3 is 9.47 Å². The Morgan fingerprint density at radius 1 is 1.21 bits per heavy atom. The first kappa shape index (κ1) is 19.9. The second kappa shape index (κ2) is 7.14. The predicted molar refractivity (Wildman–Crippen MR) is 106 cm³/mol. The average molecular weight is 396 g/mol. The maximum absolute atomic E-state index is 13.3. The van der Waals surface area contributed by atoms with Gasteiger partial charge in [-0.05, 0) is 58.1 Å². The minimum atomic E-state index is -0.557. The topological polar surface area (TPSA) is 79.6 Å². The number of hydrogen-bond donors (Lipinski definition) is 0. The van der Waals surface area contributed by atoms with Crippen molar-refractivity contribution >= 4 is 11.9 Å². The molecule has 0 N–H and O–H groups in total. The summed E-state index contributed by atoms with van der Waals surface area (Å²) in [4.78, 5) is 27.7. The molecule has 2 aliphatic heterocycles. The molecule has 1 saturated carbocycles. The summed E-state index contributed by atoms with van der Waals surface area (Å²) >= 11 is 0. The highest BCUT2D eigenvalue weighted by molar-refractivity contribution is 5.98. The van der Waals surface area contributed by atoms with Gasteiger partial charge in [-0.3, -0.25) is 9.69 Å². The van der Waals surface area contributed by atoms with E-state index in [-0.39, 0.29) is 29.9 Å². The number of ether oxygens (including phenoxy) is 2. The number of hydrogen-bond acceptors (Lipinski definition) is 5. The van der Waals surface area contributed by atoms with E-state index in [4.69, 9.17) is 9.47 Å². The molecule has 29 heavy (non-hydrogen) atoms. The van der Waals surface area contributed by atoms with Gasteiger partial charge in [0.25, 0.3) is 0 Å². The fraction of sp³-hybridized carbons (Fsp3) is 0.609. The van der Waals surface area contributed by atoms with E-state index in [1.165, 1.54) is 0 Å². The molecule has 1 aromatic carbocycles. The number of carbonyl (C=O) groups excluding carboxylic acids is 2. The van der Waals surface area contributed by atoms with E-state index >= 15 is 0 Å². The molecule has 0 spiro atoms. The first-order valence-corrected chi connectivity index (χ1v) is 10.4. The Hall–Kier alpha value is -2.39. The van der Waals surface area contributed by atoms with Gasteiger partial charge in [0.2, 0.25) is 0 Å². The summed E-state index contributed by atoms with van der Waals surface area (Å²) in [7, 11) is 0. The fourth-order valence-electron chi connectivity index (χ4n) is 4.54. The van der Waals surface area contributed by atoms with E-state index in [2.05, 4.69) is 6.07 Å². The number of nitriles is 1. The second-order valence-electron chi connectivity index (χ2n) is 9.54. The van der Waals surface area contributed by atoms with Crippen molar-refractivity contribution in [3.05, 3.63) is 35.4 Å². The highest BCUT2D eigenvalue weighted by Crippen LogP contribution is 2.47. The van der Waals surface area contributed by atoms with Crippen LogP contribution in [0.25, 0.3) is 0 Å². The molecular formula is C23H28N2O4. The maximum atomic E-state index is 13.3. The molecule has 1 aliphatic carbocycles. The highest BCUT2D eigenvalue weighted by atomic mass is 16.6. The van der Waals surface area contributed by atoms with E-state index in [1.807, 2.05) is 45.0 Å². The number of Topliss-reactive ketones (excluding diaryl/α,β-unsaturated/α-hetero) is 1. The van der Waals surface area contributed by atoms with E-state index < -0.39 is 11.0 Å². The molecule has 2 atom stereocenters. The zero-order valence-electron chi connectivity index (χ0n) is 17.3. The van der Waals surface area contributed by atoms with Gasteiger partial charge in [0.1, 0.15) is 5.60 Å². The number of benzene rings is 1. The molecule has 2 saturated heterocycles. The number of rotatable bonds is 3. The molecule has 1 aromatic rings. The van der Waals surface area contributed by atoms with Crippen LogP contribution < -0.4 is 0 Å². The molecule has 6 nitrogen and oxygen atoms in total. The maximum Gasteiger partial charge on any atom is 0.410 e. The van der Waals surface area contributed by atoms with Crippen LogP contribution in [0.4, 0.5) is 4.79 Å². The van der Waals surface area contributed by atoms with Crippen LogP contribution in [-0.2, 0) is 14.9 Å². The lowest BCUT2D eigenvalue weighted by molar-refractivity contribution is -0.0861. The van der Waals surface area contributed by atoms with Crippen molar-refractivity contribution in [2.45, 2.75) is 69.6 Å². The number of ketones is 1. The Morgan fingerprint density at radius 2 is 1.86 bits per heavy atom. The van der Waals surface area contributed by atoms with Crippen molar-refractivity contribution in [1.82, 2.24) is 4.90 Å². The molecule has 6 heteroatoms. The molecule has 3 fully saturated rings. The molecule has 2 unspecified atom stereocenters. The Morgan fingerprint density at radius 3 is 2.41 bits per heavy atom. The predicted octanol–water partition coefficient (Wildman–Crippen LogP) is 3.84. The molecule has 0 aromatic heterocycles. The van der Waals surface area contributed by atoms with E-state index in [0.29, 0.717) is 31.6 Å². The van der Waals surface area contributed by atoms with Crippen molar-refractivity contribution in [3.8, 4) is 6.07 Å². The summed E-state index contributed by atoms with van der Waals surface area (Å²) in [6, 6.07) is 9.65. The van der Waals surface area contributed by atoms with Crippen LogP contribution in [0.1, 0.15) is 62.4 Å². The first-order valence-electron chi connectivity index (χ1n) is 10.4. The SMILES string of the molecule is CC(C)(C)OC(=O)N1C2COCC1CC(C(=O)c1cccc(C3(C#N)CC3)c1)C2. The van der Waals surface area contributed by atoms with Crippen LogP contribution in [0.15, 0.2) is 24.3 Å². The number of piperidine rings is 1. The number of fused-ring (bicyclic) bond motifs is 2. The quantitative estimate of drug-likeness (QED) is 0.725. The first-order chi connectivity index (χ1) is 13.7. The zero-order valence-corrected chi connectivity index (χ0v) is 17.3. The van der Waals surface area contributed by atoms with E-state index in [1.54, 1.807) is 4.90 Å². The molecule has 154 valence electrons. The third kappa shape index (κ3) is 3.89. The van der Waals surface area contributed by atoms with Crippen LogP contribution in [0.3, 0.4) is 0 Å². The molecule has 2 bridgehead atoms. The van der Waals surface area contributed by atoms with Crippen LogP contribution in [-0.4, -0.2) is 47.7 Å². The van der Waals surface area contributed by atoms with Crippen LogP contribution in [0.2, 0.25) is 0 Å². The van der Waals surface area contributed by atoms with Gasteiger partial charge in [-0.1, -0.05) is 18.2 Å². The standard InChI is InChI=1S/C23H28N2O4/c1-22(2,3)29-21(27)25-18-10-16(11-19(25)13-28-12-18)20(26)15-5-4-6-17(9-15)23(14-24)7-8-23/h4-6,9,16,18-19H,7-8,10-13H2,1-3H3. The van der Waals surface area contributed by atoms with Crippen LogP contribution in [0.5, 0.6) is 0 Å². The molecule has 0 radical (unpaired) electrons. The summed E-state index contributed by atoms with van der Waals surface area (Å²) in [6.07, 6.45) is 2.53. The van der Waals surface area contributed by atoms with Gasteiger partial charge in [-0.15, -0.1) is 0 Å². The second-order valence-corrected chi connectivity index (χ2v) is 9.54. The summed E-state index contributed by atoms with van der Waals surface area (Å²) < 4.78 is 11.3. The van der Waals surface area contributed by atoms with E-state index in [0.717, 1.165) is 18.4 Å². The summed E-state index contributed by atoms with van der Waals surface area (Å²) in [5, 5.41) is 9.46. The molecular weight excluding hydrogens is 368 g/mol. The molecule has 1 amide bonds. The normalized spacial score (nSPS) is 27.7. The van der Waals surface area contributed by atoms with Gasteiger partial charge in [0.05, 0.1) is 36.8 Å². The summed E-state index contributed by atoms with van der Waals surface area (Å²) in [6.45, 7) is 6.42. The highest BCUT2D eigenvalue weighted by Gasteiger charge is 2.47. The van der Waals surface area contributed by atoms with Crippen molar-refractivity contribution in [2.75, 3.05) is 13.2 Å². The third-order valence-corrected chi connectivity index (χ3v) is 6.16. The number of amides is 1. The third-order valence-electron chi connectivity index (χ3n) is 6.16. The lowest BCUT2D eigenvalue weighted by Gasteiger charge is -2.47. The van der Waals surface area contributed by atoms with Crippen LogP contribution in [0, 0.1) is 17.2 Å². The average Bonchev–Trinajstić information content (AvgIpc) is 3.46. The Kier molecular flexibility index (Phi) is 4.90. The minimum absolute atomic E-state index is 0.0985. The van der Waals surface area contributed by atoms with Gasteiger partial charge in [0, 0.05) is 11.5 Å². The van der Waals surface area contributed by atoms with Crippen LogP contribution >= 0.6 is 0 Å². The summed E-state index contributed by atoms with van der Waals surface area (Å²) in [5.41, 5.74) is 0.652.